The molecule has 0 unspecified atom stereocenters. The van der Waals surface area contributed by atoms with E-state index in [4.69, 9.17) is 35.4 Å². The van der Waals surface area contributed by atoms with Crippen molar-refractivity contribution in [3.63, 3.8) is 0 Å². The van der Waals surface area contributed by atoms with Crippen molar-refractivity contribution in [2.45, 2.75) is 18.9 Å². The van der Waals surface area contributed by atoms with E-state index in [2.05, 4.69) is 15.1 Å². The lowest BCUT2D eigenvalue weighted by Crippen LogP contribution is -2.47. The summed E-state index contributed by atoms with van der Waals surface area (Å²) in [5.74, 6) is -0.758. The number of thiocarbonyl (C=S) groups is 1. The lowest BCUT2D eigenvalue weighted by Gasteiger charge is -2.36. The molecule has 11 heteroatoms. The second-order valence-corrected chi connectivity index (χ2v) is 11.3. The molecule has 2 amide bonds. The zero-order valence-corrected chi connectivity index (χ0v) is 24.6. The van der Waals surface area contributed by atoms with Crippen LogP contribution in [0.25, 0.3) is 0 Å². The van der Waals surface area contributed by atoms with Crippen LogP contribution < -0.4 is 15.1 Å². The van der Waals surface area contributed by atoms with Gasteiger partial charge in [0.15, 0.2) is 5.11 Å². The Hall–Kier alpha value is -3.24. The van der Waals surface area contributed by atoms with Crippen LogP contribution in [0.5, 0.6) is 0 Å². The maximum atomic E-state index is 13.6. The predicted octanol–water partition coefficient (Wildman–Crippen LogP) is 5.68. The first-order valence-electron chi connectivity index (χ1n) is 13.5. The van der Waals surface area contributed by atoms with E-state index in [0.717, 1.165) is 44.8 Å². The molecule has 0 spiro atoms. The van der Waals surface area contributed by atoms with Crippen LogP contribution in [-0.4, -0.2) is 72.0 Å². The third-order valence-corrected chi connectivity index (χ3v) is 8.27. The highest BCUT2D eigenvalue weighted by molar-refractivity contribution is 7.80. The van der Waals surface area contributed by atoms with Gasteiger partial charge < -0.3 is 15.1 Å². The van der Waals surface area contributed by atoms with Gasteiger partial charge in [0, 0.05) is 54.1 Å². The molecule has 1 atom stereocenters. The summed E-state index contributed by atoms with van der Waals surface area (Å²) >= 11 is 17.8. The number of carbonyl (C=O) groups is 2. The molecule has 2 heterocycles. The Balaban J connectivity index is 1.22. The normalized spacial score (nSPS) is 17.8. The molecule has 3 aromatic carbocycles. The number of amides is 2. The molecule has 7 nitrogen and oxygen atoms in total. The standard InChI is InChI=1S/C30H30Cl2FN5O2S/c31-21-2-8-24(9-3-21)34-28(39)20-27-29(40)38(26-10-4-22(32)5-11-26)30(41)37(27)15-1-14-35-16-18-36(19-17-35)25-12-6-23(33)7-13-25/h2-13,27H,1,14-20H2,(H,34,39)/t27-/m0/s1. The van der Waals surface area contributed by atoms with Crippen molar-refractivity contribution in [1.82, 2.24) is 9.80 Å². The fourth-order valence-corrected chi connectivity index (χ4v) is 5.85. The lowest BCUT2D eigenvalue weighted by molar-refractivity contribution is -0.124. The molecule has 2 aliphatic rings. The summed E-state index contributed by atoms with van der Waals surface area (Å²) in [7, 11) is 0. The molecule has 0 aromatic heterocycles. The van der Waals surface area contributed by atoms with Crippen molar-refractivity contribution in [3.8, 4) is 0 Å². The minimum atomic E-state index is -0.721. The summed E-state index contributed by atoms with van der Waals surface area (Å²) in [6.45, 7) is 4.82. The monoisotopic (exact) mass is 613 g/mol. The smallest absolute Gasteiger partial charge is 0.256 e. The number of rotatable bonds is 9. The molecular formula is C30H30Cl2FN5O2S. The molecule has 3 aromatic rings. The molecule has 1 N–H and O–H groups in total. The van der Waals surface area contributed by atoms with Crippen molar-refractivity contribution >= 4 is 69.4 Å². The zero-order chi connectivity index (χ0) is 28.9. The van der Waals surface area contributed by atoms with Crippen molar-refractivity contribution in [3.05, 3.63) is 88.7 Å². The van der Waals surface area contributed by atoms with Crippen molar-refractivity contribution < 1.29 is 14.0 Å². The van der Waals surface area contributed by atoms with Gasteiger partial charge in [0.25, 0.3) is 5.91 Å². The number of carbonyl (C=O) groups excluding carboxylic acids is 2. The Bertz CT molecular complexity index is 1380. The minimum absolute atomic E-state index is 0.0396. The number of hydrogen-bond donors (Lipinski definition) is 1. The van der Waals surface area contributed by atoms with Gasteiger partial charge in [0.1, 0.15) is 11.9 Å². The molecule has 2 fully saturated rings. The summed E-state index contributed by atoms with van der Waals surface area (Å²) in [5, 5.41) is 4.36. The average Bonchev–Trinajstić information content (AvgIpc) is 3.19. The fourth-order valence-electron chi connectivity index (χ4n) is 5.18. The number of halogens is 3. The lowest BCUT2D eigenvalue weighted by atomic mass is 10.1. The van der Waals surface area contributed by atoms with Crippen molar-refractivity contribution in [2.75, 3.05) is 54.4 Å². The third kappa shape index (κ3) is 7.16. The molecule has 0 radical (unpaired) electrons. The first kappa shape index (κ1) is 29.3. The summed E-state index contributed by atoms with van der Waals surface area (Å²) in [4.78, 5) is 34.6. The topological polar surface area (TPSA) is 59.1 Å². The van der Waals surface area contributed by atoms with Crippen LogP contribution in [0.15, 0.2) is 72.8 Å². The van der Waals surface area contributed by atoms with Crippen molar-refractivity contribution in [2.24, 2.45) is 0 Å². The predicted molar refractivity (Wildman–Crippen MR) is 166 cm³/mol. The van der Waals surface area contributed by atoms with E-state index in [-0.39, 0.29) is 24.1 Å². The molecule has 5 rings (SSSR count). The fraction of sp³-hybridized carbons (Fsp3) is 0.300. The van der Waals surface area contributed by atoms with Gasteiger partial charge in [0.05, 0.1) is 12.1 Å². The Morgan fingerprint density at radius 2 is 1.44 bits per heavy atom. The first-order valence-corrected chi connectivity index (χ1v) is 14.6. The van der Waals surface area contributed by atoms with E-state index >= 15 is 0 Å². The number of nitrogens with zero attached hydrogens (tertiary/aromatic N) is 4. The number of hydrogen-bond acceptors (Lipinski definition) is 5. The van der Waals surface area contributed by atoms with Gasteiger partial charge in [-0.25, -0.2) is 4.39 Å². The summed E-state index contributed by atoms with van der Waals surface area (Å²) in [6, 6.07) is 19.6. The van der Waals surface area contributed by atoms with Gasteiger partial charge >= 0.3 is 0 Å². The van der Waals surface area contributed by atoms with E-state index < -0.39 is 6.04 Å². The molecule has 0 saturated carbocycles. The van der Waals surface area contributed by atoms with Gasteiger partial charge in [-0.1, -0.05) is 23.2 Å². The van der Waals surface area contributed by atoms with E-state index in [9.17, 15) is 14.0 Å². The quantitative estimate of drug-likeness (QED) is 0.314. The largest absolute Gasteiger partial charge is 0.369 e. The highest BCUT2D eigenvalue weighted by Gasteiger charge is 2.43. The molecule has 2 saturated heterocycles. The van der Waals surface area contributed by atoms with Gasteiger partial charge in [-0.05, 0) is 98.0 Å². The molecular weight excluding hydrogens is 584 g/mol. The number of benzene rings is 3. The Morgan fingerprint density at radius 1 is 0.854 bits per heavy atom. The van der Waals surface area contributed by atoms with E-state index in [0.29, 0.717) is 33.1 Å². The molecule has 0 aliphatic carbocycles. The van der Waals surface area contributed by atoms with Crippen LogP contribution in [0, 0.1) is 5.82 Å². The second-order valence-electron chi connectivity index (χ2n) is 10.1. The van der Waals surface area contributed by atoms with Gasteiger partial charge in [-0.2, -0.15) is 0 Å². The Morgan fingerprint density at radius 3 is 2.07 bits per heavy atom. The number of nitrogens with one attached hydrogen (secondary N) is 1. The highest BCUT2D eigenvalue weighted by atomic mass is 35.5. The van der Waals surface area contributed by atoms with Gasteiger partial charge in [0.2, 0.25) is 5.91 Å². The van der Waals surface area contributed by atoms with Crippen LogP contribution in [0.1, 0.15) is 12.8 Å². The summed E-state index contributed by atoms with van der Waals surface area (Å²) in [6.07, 6.45) is 0.732. The van der Waals surface area contributed by atoms with Crippen LogP contribution in [0.4, 0.5) is 21.5 Å². The maximum Gasteiger partial charge on any atom is 0.256 e. The average molecular weight is 615 g/mol. The highest BCUT2D eigenvalue weighted by Crippen LogP contribution is 2.29. The molecule has 0 bridgehead atoms. The summed E-state index contributed by atoms with van der Waals surface area (Å²) < 4.78 is 13.3. The van der Waals surface area contributed by atoms with Crippen LogP contribution in [0.3, 0.4) is 0 Å². The van der Waals surface area contributed by atoms with Crippen LogP contribution in [0.2, 0.25) is 10.0 Å². The van der Waals surface area contributed by atoms with Crippen LogP contribution >= 0.6 is 35.4 Å². The zero-order valence-electron chi connectivity index (χ0n) is 22.3. The third-order valence-electron chi connectivity index (χ3n) is 7.35. The number of anilines is 3. The van der Waals surface area contributed by atoms with E-state index in [1.54, 1.807) is 48.5 Å². The Labute approximate surface area is 254 Å². The molecule has 214 valence electrons. The van der Waals surface area contributed by atoms with Crippen LogP contribution in [-0.2, 0) is 9.59 Å². The Kier molecular flexibility index (Phi) is 9.39. The minimum Gasteiger partial charge on any atom is -0.369 e. The van der Waals surface area contributed by atoms with Gasteiger partial charge in [-0.3, -0.25) is 19.4 Å². The maximum absolute atomic E-state index is 13.6. The number of piperazine rings is 1. The SMILES string of the molecule is O=C(C[C@H]1C(=O)N(c2ccc(Cl)cc2)C(=S)N1CCCN1CCN(c2ccc(F)cc2)CC1)Nc1ccc(Cl)cc1. The van der Waals surface area contributed by atoms with E-state index in [1.165, 1.54) is 17.0 Å². The first-order chi connectivity index (χ1) is 19.8. The van der Waals surface area contributed by atoms with Gasteiger partial charge in [-0.15, -0.1) is 0 Å². The molecule has 2 aliphatic heterocycles. The molecule has 41 heavy (non-hydrogen) atoms. The van der Waals surface area contributed by atoms with Crippen molar-refractivity contribution in [1.29, 1.82) is 0 Å². The van der Waals surface area contributed by atoms with E-state index in [1.807, 2.05) is 17.0 Å². The second kappa shape index (κ2) is 13.2. The summed E-state index contributed by atoms with van der Waals surface area (Å²) in [5.41, 5.74) is 2.24.